The Morgan fingerprint density at radius 1 is 1.38 bits per heavy atom. The third-order valence-electron chi connectivity index (χ3n) is 2.25. The lowest BCUT2D eigenvalue weighted by Gasteiger charge is -2.04. The number of aryl methyl sites for hydroxylation is 2. The van der Waals surface area contributed by atoms with E-state index < -0.39 is 0 Å². The molecule has 2 aromatic rings. The second-order valence-corrected chi connectivity index (χ2v) is 3.63. The quantitative estimate of drug-likeness (QED) is 0.746. The molecule has 2 N–H and O–H groups in total. The Hall–Kier alpha value is -1.91. The normalized spacial score (nSPS) is 10.3. The molecule has 2 rings (SSSR count). The molecule has 5 nitrogen and oxygen atoms in total. The predicted octanol–water partition coefficient (Wildman–Crippen LogP) is 1.55. The molecule has 0 saturated heterocycles. The highest BCUT2D eigenvalue weighted by Crippen LogP contribution is 2.04. The Bertz CT molecular complexity index is 424. The summed E-state index contributed by atoms with van der Waals surface area (Å²) in [6.07, 6.45) is 3.44. The van der Waals surface area contributed by atoms with E-state index in [0.29, 0.717) is 0 Å². The maximum atomic E-state index is 4.36. The molecule has 0 unspecified atom stereocenters. The van der Waals surface area contributed by atoms with Gasteiger partial charge < -0.3 is 5.32 Å². The monoisotopic (exact) mass is 217 g/mol. The van der Waals surface area contributed by atoms with Gasteiger partial charge in [0.05, 0.1) is 0 Å². The van der Waals surface area contributed by atoms with Crippen LogP contribution < -0.4 is 5.32 Å². The van der Waals surface area contributed by atoms with Gasteiger partial charge in [-0.1, -0.05) is 6.07 Å². The van der Waals surface area contributed by atoms with Crippen molar-refractivity contribution < 1.29 is 0 Å². The van der Waals surface area contributed by atoms with Crippen LogP contribution in [0.25, 0.3) is 0 Å². The van der Waals surface area contributed by atoms with Crippen molar-refractivity contribution in [3.8, 4) is 0 Å². The number of H-pyrrole nitrogens is 1. The summed E-state index contributed by atoms with van der Waals surface area (Å²) in [7, 11) is 0. The van der Waals surface area contributed by atoms with Gasteiger partial charge in [-0.3, -0.25) is 5.10 Å². The fourth-order valence-electron chi connectivity index (χ4n) is 1.47. The molecule has 0 atom stereocenters. The van der Waals surface area contributed by atoms with E-state index in [9.17, 15) is 0 Å². The van der Waals surface area contributed by atoms with E-state index in [1.807, 2.05) is 25.1 Å². The molecule has 84 valence electrons. The predicted molar refractivity (Wildman–Crippen MR) is 62.2 cm³/mol. The van der Waals surface area contributed by atoms with Gasteiger partial charge in [0.15, 0.2) is 0 Å². The lowest BCUT2D eigenvalue weighted by molar-refractivity contribution is 0.803. The molecule has 0 aromatic carbocycles. The van der Waals surface area contributed by atoms with E-state index in [-0.39, 0.29) is 0 Å². The van der Waals surface area contributed by atoms with Crippen LogP contribution in [0.5, 0.6) is 0 Å². The summed E-state index contributed by atoms with van der Waals surface area (Å²) in [4.78, 5) is 8.43. The standard InChI is InChI=1S/C11H15N5/c1-9-4-2-5-10(15-9)12-7-3-6-11-13-8-14-16-11/h2,4-5,8H,3,6-7H2,1H3,(H,12,15)(H,13,14,16). The highest BCUT2D eigenvalue weighted by Gasteiger charge is 1.96. The zero-order valence-electron chi connectivity index (χ0n) is 9.27. The molecule has 2 heterocycles. The zero-order chi connectivity index (χ0) is 11.2. The number of hydrogen-bond donors (Lipinski definition) is 2. The van der Waals surface area contributed by atoms with E-state index in [1.165, 1.54) is 6.33 Å². The minimum absolute atomic E-state index is 0.886. The number of rotatable bonds is 5. The van der Waals surface area contributed by atoms with Crippen LogP contribution in [0.4, 0.5) is 5.82 Å². The summed E-state index contributed by atoms with van der Waals surface area (Å²) in [5.41, 5.74) is 1.03. The third kappa shape index (κ3) is 3.05. The summed E-state index contributed by atoms with van der Waals surface area (Å²) in [5, 5.41) is 9.92. The van der Waals surface area contributed by atoms with Crippen molar-refractivity contribution in [2.45, 2.75) is 19.8 Å². The first kappa shape index (κ1) is 10.6. The first-order valence-corrected chi connectivity index (χ1v) is 5.36. The van der Waals surface area contributed by atoms with Gasteiger partial charge in [0.2, 0.25) is 0 Å². The molecule has 0 amide bonds. The van der Waals surface area contributed by atoms with Crippen LogP contribution in [-0.4, -0.2) is 26.7 Å². The van der Waals surface area contributed by atoms with Crippen molar-refractivity contribution >= 4 is 5.82 Å². The Kier molecular flexibility index (Phi) is 3.48. The molecule has 2 aromatic heterocycles. The van der Waals surface area contributed by atoms with Crippen molar-refractivity contribution in [3.05, 3.63) is 36.0 Å². The highest BCUT2D eigenvalue weighted by atomic mass is 15.2. The Balaban J connectivity index is 1.72. The molecular formula is C11H15N5. The van der Waals surface area contributed by atoms with Crippen molar-refractivity contribution in [2.24, 2.45) is 0 Å². The number of nitrogens with zero attached hydrogens (tertiary/aromatic N) is 3. The van der Waals surface area contributed by atoms with Gasteiger partial charge in [-0.05, 0) is 25.5 Å². The minimum Gasteiger partial charge on any atom is -0.370 e. The minimum atomic E-state index is 0.886. The summed E-state index contributed by atoms with van der Waals surface area (Å²) in [6, 6.07) is 5.96. The molecule has 0 aliphatic carbocycles. The molecule has 0 saturated carbocycles. The lowest BCUT2D eigenvalue weighted by atomic mass is 10.3. The molecule has 16 heavy (non-hydrogen) atoms. The van der Waals surface area contributed by atoms with Crippen molar-refractivity contribution in [1.82, 2.24) is 20.2 Å². The maximum Gasteiger partial charge on any atom is 0.137 e. The smallest absolute Gasteiger partial charge is 0.137 e. The molecule has 0 fully saturated rings. The van der Waals surface area contributed by atoms with Gasteiger partial charge >= 0.3 is 0 Å². The van der Waals surface area contributed by atoms with E-state index in [4.69, 9.17) is 0 Å². The number of hydrogen-bond acceptors (Lipinski definition) is 4. The van der Waals surface area contributed by atoms with Gasteiger partial charge in [0.25, 0.3) is 0 Å². The summed E-state index contributed by atoms with van der Waals surface area (Å²) in [6.45, 7) is 2.87. The van der Waals surface area contributed by atoms with Gasteiger partial charge in [0.1, 0.15) is 18.0 Å². The fraction of sp³-hybridized carbons (Fsp3) is 0.364. The van der Waals surface area contributed by atoms with Crippen LogP contribution in [0, 0.1) is 6.92 Å². The van der Waals surface area contributed by atoms with Crippen LogP contribution in [0.15, 0.2) is 24.5 Å². The summed E-state index contributed by atoms with van der Waals surface area (Å²) in [5.74, 6) is 1.86. The largest absolute Gasteiger partial charge is 0.370 e. The topological polar surface area (TPSA) is 66.5 Å². The Morgan fingerprint density at radius 2 is 2.31 bits per heavy atom. The number of pyridine rings is 1. The summed E-state index contributed by atoms with van der Waals surface area (Å²) >= 11 is 0. The zero-order valence-corrected chi connectivity index (χ0v) is 9.27. The van der Waals surface area contributed by atoms with Crippen molar-refractivity contribution in [2.75, 3.05) is 11.9 Å². The fourth-order valence-corrected chi connectivity index (χ4v) is 1.47. The van der Waals surface area contributed by atoms with Gasteiger partial charge in [-0.15, -0.1) is 0 Å². The highest BCUT2D eigenvalue weighted by molar-refractivity contribution is 5.34. The van der Waals surface area contributed by atoms with Crippen LogP contribution >= 0.6 is 0 Å². The second kappa shape index (κ2) is 5.25. The first-order valence-electron chi connectivity index (χ1n) is 5.36. The molecular weight excluding hydrogens is 202 g/mol. The van der Waals surface area contributed by atoms with Crippen LogP contribution in [0.2, 0.25) is 0 Å². The third-order valence-corrected chi connectivity index (χ3v) is 2.25. The van der Waals surface area contributed by atoms with Crippen LogP contribution in [0.3, 0.4) is 0 Å². The maximum absolute atomic E-state index is 4.36. The number of aromatic nitrogens is 4. The molecule has 0 bridgehead atoms. The second-order valence-electron chi connectivity index (χ2n) is 3.63. The number of aromatic amines is 1. The van der Waals surface area contributed by atoms with E-state index in [0.717, 1.165) is 36.7 Å². The van der Waals surface area contributed by atoms with Crippen LogP contribution in [-0.2, 0) is 6.42 Å². The average molecular weight is 217 g/mol. The van der Waals surface area contributed by atoms with E-state index >= 15 is 0 Å². The molecule has 5 heteroatoms. The molecule has 0 aliphatic heterocycles. The number of anilines is 1. The van der Waals surface area contributed by atoms with Gasteiger partial charge in [-0.2, -0.15) is 5.10 Å². The van der Waals surface area contributed by atoms with E-state index in [2.05, 4.69) is 25.5 Å². The van der Waals surface area contributed by atoms with E-state index in [1.54, 1.807) is 0 Å². The lowest BCUT2D eigenvalue weighted by Crippen LogP contribution is -2.05. The molecule has 0 radical (unpaired) electrons. The number of nitrogens with one attached hydrogen (secondary N) is 2. The summed E-state index contributed by atoms with van der Waals surface area (Å²) < 4.78 is 0. The van der Waals surface area contributed by atoms with Gasteiger partial charge in [-0.25, -0.2) is 9.97 Å². The molecule has 0 aliphatic rings. The molecule has 0 spiro atoms. The first-order chi connectivity index (χ1) is 7.84. The van der Waals surface area contributed by atoms with Crippen molar-refractivity contribution in [1.29, 1.82) is 0 Å². The van der Waals surface area contributed by atoms with Gasteiger partial charge in [0, 0.05) is 18.7 Å². The SMILES string of the molecule is Cc1cccc(NCCCc2ncn[nH]2)n1. The average Bonchev–Trinajstić information content (AvgIpc) is 2.77. The van der Waals surface area contributed by atoms with Crippen molar-refractivity contribution in [3.63, 3.8) is 0 Å². The Labute approximate surface area is 94.3 Å². The Morgan fingerprint density at radius 3 is 3.06 bits per heavy atom. The van der Waals surface area contributed by atoms with Crippen LogP contribution in [0.1, 0.15) is 17.9 Å².